The Balaban J connectivity index is 1.54. The maximum Gasteiger partial charge on any atom is 0.262 e. The fourth-order valence-electron chi connectivity index (χ4n) is 2.47. The van der Waals surface area contributed by atoms with Crippen molar-refractivity contribution in [2.24, 2.45) is 0 Å². The van der Waals surface area contributed by atoms with Gasteiger partial charge in [0, 0.05) is 6.54 Å². The molecule has 1 amide bonds. The van der Waals surface area contributed by atoms with E-state index in [1.54, 1.807) is 24.3 Å². The Bertz CT molecular complexity index is 1070. The number of benzene rings is 3. The third-order valence-corrected chi connectivity index (χ3v) is 5.71. The van der Waals surface area contributed by atoms with Gasteiger partial charge in [-0.3, -0.25) is 4.79 Å². The molecular weight excluding hydrogens is 412 g/mol. The van der Waals surface area contributed by atoms with Crippen molar-refractivity contribution in [3.8, 4) is 5.75 Å². The molecule has 3 rings (SSSR count). The van der Waals surface area contributed by atoms with E-state index in [9.17, 15) is 13.2 Å². The molecule has 0 aliphatic carbocycles. The number of anilines is 1. The van der Waals surface area contributed by atoms with E-state index in [-0.39, 0.29) is 24.0 Å². The summed E-state index contributed by atoms with van der Waals surface area (Å²) in [5, 5.41) is 3.08. The number of para-hydroxylation sites is 1. The first-order valence-corrected chi connectivity index (χ1v) is 10.6. The minimum atomic E-state index is -3.65. The highest BCUT2D eigenvalue weighted by Gasteiger charge is 2.14. The molecule has 0 unspecified atom stereocenters. The second-order valence-electron chi connectivity index (χ2n) is 6.10. The monoisotopic (exact) mass is 430 g/mol. The van der Waals surface area contributed by atoms with Gasteiger partial charge in [-0.25, -0.2) is 13.1 Å². The van der Waals surface area contributed by atoms with Crippen molar-refractivity contribution in [3.05, 3.63) is 89.4 Å². The number of amides is 1. The van der Waals surface area contributed by atoms with Gasteiger partial charge < -0.3 is 10.1 Å². The minimum Gasteiger partial charge on any atom is -0.484 e. The molecule has 8 heteroatoms. The van der Waals surface area contributed by atoms with Gasteiger partial charge in [-0.2, -0.15) is 0 Å². The molecule has 29 heavy (non-hydrogen) atoms. The maximum absolute atomic E-state index is 12.4. The van der Waals surface area contributed by atoms with Gasteiger partial charge in [0.1, 0.15) is 5.75 Å². The van der Waals surface area contributed by atoms with E-state index in [4.69, 9.17) is 16.3 Å². The smallest absolute Gasteiger partial charge is 0.262 e. The third kappa shape index (κ3) is 6.05. The molecule has 0 spiro atoms. The molecule has 0 fully saturated rings. The number of halogens is 1. The van der Waals surface area contributed by atoms with Crippen LogP contribution in [-0.4, -0.2) is 20.9 Å². The fraction of sp³-hybridized carbons (Fsp3) is 0.0952. The summed E-state index contributed by atoms with van der Waals surface area (Å²) in [5.74, 6) is 0.000596. The van der Waals surface area contributed by atoms with Crippen LogP contribution < -0.4 is 14.8 Å². The van der Waals surface area contributed by atoms with E-state index in [2.05, 4.69) is 10.0 Å². The number of nitrogens with one attached hydrogen (secondary N) is 2. The van der Waals surface area contributed by atoms with E-state index >= 15 is 0 Å². The second kappa shape index (κ2) is 9.56. The first-order chi connectivity index (χ1) is 13.9. The predicted molar refractivity (Wildman–Crippen MR) is 112 cm³/mol. The molecule has 150 valence electrons. The number of ether oxygens (including phenoxy) is 1. The molecule has 2 N–H and O–H groups in total. The first kappa shape index (κ1) is 20.9. The van der Waals surface area contributed by atoms with Crippen LogP contribution in [0.15, 0.2) is 83.8 Å². The molecule has 3 aromatic rings. The standard InChI is InChI=1S/C21H19ClN2O4S/c22-19-8-4-5-9-20(19)24-21(25)15-28-17-10-12-18(13-11-17)29(26,27)23-14-16-6-2-1-3-7-16/h1-13,23H,14-15H2,(H,24,25). The molecule has 0 radical (unpaired) electrons. The number of carbonyl (C=O) groups is 1. The fourth-order valence-corrected chi connectivity index (χ4v) is 3.67. The van der Waals surface area contributed by atoms with Crippen LogP contribution in [0.1, 0.15) is 5.56 Å². The molecule has 0 aromatic heterocycles. The summed E-state index contributed by atoms with van der Waals surface area (Å²) >= 11 is 5.99. The van der Waals surface area contributed by atoms with Crippen molar-refractivity contribution in [1.29, 1.82) is 0 Å². The van der Waals surface area contributed by atoms with Crippen molar-refractivity contribution in [2.75, 3.05) is 11.9 Å². The third-order valence-electron chi connectivity index (χ3n) is 3.96. The van der Waals surface area contributed by atoms with Crippen molar-refractivity contribution >= 4 is 33.2 Å². The topological polar surface area (TPSA) is 84.5 Å². The van der Waals surface area contributed by atoms with Gasteiger partial charge in [0.05, 0.1) is 15.6 Å². The summed E-state index contributed by atoms with van der Waals surface area (Å²) < 4.78 is 32.7. The van der Waals surface area contributed by atoms with Crippen LogP contribution in [0.25, 0.3) is 0 Å². The van der Waals surface area contributed by atoms with E-state index in [0.717, 1.165) is 5.56 Å². The van der Waals surface area contributed by atoms with Crippen LogP contribution >= 0.6 is 11.6 Å². The number of sulfonamides is 1. The zero-order valence-electron chi connectivity index (χ0n) is 15.3. The Morgan fingerprint density at radius 3 is 2.24 bits per heavy atom. The summed E-state index contributed by atoms with van der Waals surface area (Å²) in [5.41, 5.74) is 1.36. The quantitative estimate of drug-likeness (QED) is 0.568. The van der Waals surface area contributed by atoms with E-state index in [1.165, 1.54) is 24.3 Å². The largest absolute Gasteiger partial charge is 0.484 e. The highest BCUT2D eigenvalue weighted by atomic mass is 35.5. The maximum atomic E-state index is 12.4. The lowest BCUT2D eigenvalue weighted by atomic mass is 10.2. The SMILES string of the molecule is O=C(COc1ccc(S(=O)(=O)NCc2ccccc2)cc1)Nc1ccccc1Cl. The Labute approximate surface area is 174 Å². The number of hydrogen-bond donors (Lipinski definition) is 2. The van der Waals surface area contributed by atoms with Crippen molar-refractivity contribution < 1.29 is 17.9 Å². The minimum absolute atomic E-state index is 0.112. The number of rotatable bonds is 8. The molecule has 3 aromatic carbocycles. The number of hydrogen-bond acceptors (Lipinski definition) is 4. The highest BCUT2D eigenvalue weighted by Crippen LogP contribution is 2.20. The van der Waals surface area contributed by atoms with E-state index in [1.807, 2.05) is 30.3 Å². The summed E-state index contributed by atoms with van der Waals surface area (Å²) in [6, 6.07) is 22.0. The Hall–Kier alpha value is -2.87. The normalized spacial score (nSPS) is 11.1. The zero-order valence-corrected chi connectivity index (χ0v) is 16.9. The molecule has 0 aliphatic rings. The molecule has 0 atom stereocenters. The zero-order chi connectivity index (χ0) is 20.7. The van der Waals surface area contributed by atoms with E-state index in [0.29, 0.717) is 16.5 Å². The molecule has 0 saturated carbocycles. The Morgan fingerprint density at radius 1 is 0.897 bits per heavy atom. The Morgan fingerprint density at radius 2 is 1.55 bits per heavy atom. The van der Waals surface area contributed by atoms with Gasteiger partial charge in [0.2, 0.25) is 10.0 Å². The number of carbonyl (C=O) groups excluding carboxylic acids is 1. The summed E-state index contributed by atoms with van der Waals surface area (Å²) in [7, 11) is -3.65. The molecular formula is C21H19ClN2O4S. The van der Waals surface area contributed by atoms with Gasteiger partial charge in [-0.05, 0) is 42.0 Å². The van der Waals surface area contributed by atoms with Crippen LogP contribution in [-0.2, 0) is 21.4 Å². The summed E-state index contributed by atoms with van der Waals surface area (Å²) in [6.07, 6.45) is 0. The van der Waals surface area contributed by atoms with Gasteiger partial charge in [-0.15, -0.1) is 0 Å². The average Bonchev–Trinajstić information content (AvgIpc) is 2.74. The van der Waals surface area contributed by atoms with Crippen LogP contribution in [0, 0.1) is 0 Å². The summed E-state index contributed by atoms with van der Waals surface area (Å²) in [6.45, 7) is -0.0345. The molecule has 0 saturated heterocycles. The Kier molecular flexibility index (Phi) is 6.87. The lowest BCUT2D eigenvalue weighted by Crippen LogP contribution is -2.23. The highest BCUT2D eigenvalue weighted by molar-refractivity contribution is 7.89. The van der Waals surface area contributed by atoms with E-state index < -0.39 is 10.0 Å². The molecule has 6 nitrogen and oxygen atoms in total. The van der Waals surface area contributed by atoms with Crippen molar-refractivity contribution in [2.45, 2.75) is 11.4 Å². The second-order valence-corrected chi connectivity index (χ2v) is 8.27. The van der Waals surface area contributed by atoms with Gasteiger partial charge >= 0.3 is 0 Å². The van der Waals surface area contributed by atoms with Gasteiger partial charge in [-0.1, -0.05) is 54.1 Å². The van der Waals surface area contributed by atoms with Crippen molar-refractivity contribution in [3.63, 3.8) is 0 Å². The first-order valence-electron chi connectivity index (χ1n) is 8.75. The predicted octanol–water partition coefficient (Wildman–Crippen LogP) is 3.84. The van der Waals surface area contributed by atoms with Gasteiger partial charge in [0.25, 0.3) is 5.91 Å². The summed E-state index contributed by atoms with van der Waals surface area (Å²) in [4.78, 5) is 12.1. The lowest BCUT2D eigenvalue weighted by Gasteiger charge is -2.10. The van der Waals surface area contributed by atoms with Crippen LogP contribution in [0.2, 0.25) is 5.02 Å². The van der Waals surface area contributed by atoms with Crippen molar-refractivity contribution in [1.82, 2.24) is 4.72 Å². The van der Waals surface area contributed by atoms with Crippen LogP contribution in [0.3, 0.4) is 0 Å². The van der Waals surface area contributed by atoms with Gasteiger partial charge in [0.15, 0.2) is 6.61 Å². The lowest BCUT2D eigenvalue weighted by molar-refractivity contribution is -0.118. The molecule has 0 aliphatic heterocycles. The van der Waals surface area contributed by atoms with Crippen LogP contribution in [0.4, 0.5) is 5.69 Å². The molecule has 0 bridgehead atoms. The van der Waals surface area contributed by atoms with Crippen LogP contribution in [0.5, 0.6) is 5.75 Å². The average molecular weight is 431 g/mol. The molecule has 0 heterocycles.